The average molecular weight is 509 g/mol. The lowest BCUT2D eigenvalue weighted by Crippen LogP contribution is -2.52. The van der Waals surface area contributed by atoms with Crippen LogP contribution in [0.5, 0.6) is 11.5 Å². The summed E-state index contributed by atoms with van der Waals surface area (Å²) in [4.78, 5) is 13.7. The van der Waals surface area contributed by atoms with Gasteiger partial charge >= 0.3 is 0 Å². The van der Waals surface area contributed by atoms with Crippen molar-refractivity contribution in [3.63, 3.8) is 0 Å². The smallest absolute Gasteiger partial charge is 0.244 e. The van der Waals surface area contributed by atoms with Gasteiger partial charge in [0.1, 0.15) is 23.1 Å². The molecule has 0 radical (unpaired) electrons. The number of methoxy groups -OCH3 is 1. The number of benzene rings is 2. The van der Waals surface area contributed by atoms with Crippen molar-refractivity contribution < 1.29 is 22.7 Å². The van der Waals surface area contributed by atoms with E-state index >= 15 is 0 Å². The topological polar surface area (TPSA) is 84.9 Å². The highest BCUT2D eigenvalue weighted by Crippen LogP contribution is 2.43. The van der Waals surface area contributed by atoms with Gasteiger partial charge in [-0.15, -0.1) is 0 Å². The Morgan fingerprint density at radius 3 is 2.50 bits per heavy atom. The molecule has 34 heavy (non-hydrogen) atoms. The summed E-state index contributed by atoms with van der Waals surface area (Å²) in [6.07, 6.45) is 3.50. The molecule has 0 aliphatic carbocycles. The maximum Gasteiger partial charge on any atom is 0.244 e. The van der Waals surface area contributed by atoms with E-state index in [2.05, 4.69) is 19.2 Å². The Kier molecular flexibility index (Phi) is 8.03. The molecule has 0 spiro atoms. The number of anilines is 1. The lowest BCUT2D eigenvalue weighted by molar-refractivity contribution is -0.123. The quantitative estimate of drug-likeness (QED) is 0.510. The summed E-state index contributed by atoms with van der Waals surface area (Å²) >= 11 is 6.18. The molecule has 1 N–H and O–H groups in total. The van der Waals surface area contributed by atoms with Crippen molar-refractivity contribution in [3.8, 4) is 11.5 Å². The van der Waals surface area contributed by atoms with Gasteiger partial charge < -0.3 is 14.8 Å². The molecule has 9 heteroatoms. The van der Waals surface area contributed by atoms with Gasteiger partial charge in [-0.1, -0.05) is 50.6 Å². The second-order valence-electron chi connectivity index (χ2n) is 8.59. The number of fused-ring (bicyclic) bond motifs is 1. The first kappa shape index (κ1) is 26.2. The van der Waals surface area contributed by atoms with E-state index in [1.54, 1.807) is 19.1 Å². The van der Waals surface area contributed by atoms with Crippen molar-refractivity contribution in [1.29, 1.82) is 0 Å². The number of halogens is 1. The van der Waals surface area contributed by atoms with Gasteiger partial charge in [-0.25, -0.2) is 8.42 Å². The fourth-order valence-corrected chi connectivity index (χ4v) is 5.94. The molecule has 0 aromatic heterocycles. The van der Waals surface area contributed by atoms with Gasteiger partial charge in [-0.2, -0.15) is 0 Å². The zero-order valence-electron chi connectivity index (χ0n) is 20.3. The summed E-state index contributed by atoms with van der Waals surface area (Å²) in [5.41, 5.74) is 0.707. The monoisotopic (exact) mass is 508 g/mol. The van der Waals surface area contributed by atoms with Crippen molar-refractivity contribution >= 4 is 33.2 Å². The summed E-state index contributed by atoms with van der Waals surface area (Å²) < 4.78 is 38.7. The number of carbonyl (C=O) groups is 1. The largest absolute Gasteiger partial charge is 0.495 e. The van der Waals surface area contributed by atoms with Crippen molar-refractivity contribution in [3.05, 3.63) is 53.1 Å². The number of ether oxygens (including phenoxy) is 2. The second-order valence-corrected chi connectivity index (χ2v) is 10.9. The van der Waals surface area contributed by atoms with E-state index in [-0.39, 0.29) is 18.2 Å². The van der Waals surface area contributed by atoms with Crippen molar-refractivity contribution in [2.45, 2.75) is 64.1 Å². The molecule has 0 bridgehead atoms. The minimum atomic E-state index is -3.85. The van der Waals surface area contributed by atoms with Crippen LogP contribution in [0.15, 0.2) is 42.5 Å². The highest BCUT2D eigenvalue weighted by molar-refractivity contribution is 7.92. The van der Waals surface area contributed by atoms with Gasteiger partial charge in [-0.3, -0.25) is 9.10 Å². The molecular weight excluding hydrogens is 476 g/mol. The molecule has 3 rings (SSSR count). The van der Waals surface area contributed by atoms with Crippen LogP contribution in [0, 0.1) is 0 Å². The molecule has 1 aliphatic rings. The van der Waals surface area contributed by atoms with Crippen molar-refractivity contribution in [2.24, 2.45) is 0 Å². The lowest BCUT2D eigenvalue weighted by Gasteiger charge is -2.42. The number of nitrogens with zero attached hydrogens (tertiary/aromatic N) is 1. The lowest BCUT2D eigenvalue weighted by atomic mass is 9.83. The second kappa shape index (κ2) is 10.4. The summed E-state index contributed by atoms with van der Waals surface area (Å²) in [6.45, 7) is 5.92. The molecule has 0 saturated heterocycles. The third-order valence-electron chi connectivity index (χ3n) is 6.51. The first-order chi connectivity index (χ1) is 16.1. The van der Waals surface area contributed by atoms with Crippen LogP contribution in [0.4, 0.5) is 5.69 Å². The Morgan fingerprint density at radius 2 is 1.91 bits per heavy atom. The first-order valence-electron chi connectivity index (χ1n) is 11.5. The van der Waals surface area contributed by atoms with Gasteiger partial charge in [0.25, 0.3) is 0 Å². The molecule has 0 fully saturated rings. The predicted molar refractivity (Wildman–Crippen MR) is 135 cm³/mol. The zero-order chi connectivity index (χ0) is 25.1. The third kappa shape index (κ3) is 5.28. The minimum Gasteiger partial charge on any atom is -0.495 e. The molecule has 1 heterocycles. The molecular formula is C25H33ClN2O5S. The predicted octanol–water partition coefficient (Wildman–Crippen LogP) is 5.09. The van der Waals surface area contributed by atoms with Gasteiger partial charge in [0.15, 0.2) is 0 Å². The van der Waals surface area contributed by atoms with E-state index in [0.29, 0.717) is 17.2 Å². The Balaban J connectivity index is 2.01. The first-order valence-corrected chi connectivity index (χ1v) is 13.7. The number of hydrogen-bond donors (Lipinski definition) is 1. The molecule has 7 nitrogen and oxygen atoms in total. The maximum absolute atomic E-state index is 13.7. The van der Waals surface area contributed by atoms with Crippen LogP contribution < -0.4 is 19.1 Å². The molecule has 1 amide bonds. The fourth-order valence-electron chi connectivity index (χ4n) is 4.57. The van der Waals surface area contributed by atoms with E-state index in [0.717, 1.165) is 34.7 Å². The van der Waals surface area contributed by atoms with Crippen LogP contribution in [0.25, 0.3) is 0 Å². The molecule has 0 unspecified atom stereocenters. The van der Waals surface area contributed by atoms with E-state index in [1.807, 2.05) is 24.3 Å². The minimum absolute atomic E-state index is 0.225. The SMILES string of the molecule is CC[C@H](C(=O)N[C@@H]1CC(CC)(CC)Oc2ccccc21)N(c1cc(Cl)ccc1OC)S(C)(=O)=O. The van der Waals surface area contributed by atoms with Crippen molar-refractivity contribution in [1.82, 2.24) is 5.32 Å². The van der Waals surface area contributed by atoms with Crippen molar-refractivity contribution in [2.75, 3.05) is 17.7 Å². The number of hydrogen-bond acceptors (Lipinski definition) is 5. The van der Waals surface area contributed by atoms with Crippen LogP contribution in [-0.4, -0.2) is 39.3 Å². The highest BCUT2D eigenvalue weighted by atomic mass is 35.5. The number of para-hydroxylation sites is 1. The molecule has 2 aromatic carbocycles. The summed E-state index contributed by atoms with van der Waals surface area (Å²) in [5.74, 6) is 0.665. The highest BCUT2D eigenvalue weighted by Gasteiger charge is 2.41. The van der Waals surface area contributed by atoms with Gasteiger partial charge in [0, 0.05) is 17.0 Å². The van der Waals surface area contributed by atoms with Crippen LogP contribution in [0.2, 0.25) is 5.02 Å². The van der Waals surface area contributed by atoms with Crippen LogP contribution >= 0.6 is 11.6 Å². The number of sulfonamides is 1. The van der Waals surface area contributed by atoms with Gasteiger partial charge in [0.05, 0.1) is 25.1 Å². The van der Waals surface area contributed by atoms with E-state index < -0.39 is 27.6 Å². The summed E-state index contributed by atoms with van der Waals surface area (Å²) in [5, 5.41) is 3.47. The summed E-state index contributed by atoms with van der Waals surface area (Å²) in [6, 6.07) is 11.1. The van der Waals surface area contributed by atoms with Gasteiger partial charge in [0.2, 0.25) is 15.9 Å². The molecule has 186 valence electrons. The van der Waals surface area contributed by atoms with Crippen LogP contribution in [-0.2, 0) is 14.8 Å². The Bertz CT molecular complexity index is 1130. The zero-order valence-corrected chi connectivity index (χ0v) is 21.9. The van der Waals surface area contributed by atoms with Crippen LogP contribution in [0.3, 0.4) is 0 Å². The van der Waals surface area contributed by atoms with Crippen LogP contribution in [0.1, 0.15) is 58.1 Å². The van der Waals surface area contributed by atoms with E-state index in [4.69, 9.17) is 21.1 Å². The Hall–Kier alpha value is -2.45. The molecule has 2 aromatic rings. The number of amides is 1. The number of rotatable bonds is 9. The molecule has 1 aliphatic heterocycles. The number of nitrogens with one attached hydrogen (secondary N) is 1. The Morgan fingerprint density at radius 1 is 1.24 bits per heavy atom. The third-order valence-corrected chi connectivity index (χ3v) is 7.91. The summed E-state index contributed by atoms with van der Waals surface area (Å²) in [7, 11) is -2.40. The van der Waals surface area contributed by atoms with Gasteiger partial charge in [-0.05, 0) is 43.5 Å². The number of carbonyl (C=O) groups excluding carboxylic acids is 1. The maximum atomic E-state index is 13.7. The normalized spacial score (nSPS) is 17.8. The van der Waals surface area contributed by atoms with E-state index in [1.165, 1.54) is 13.2 Å². The average Bonchev–Trinajstić information content (AvgIpc) is 2.81. The standard InChI is InChI=1S/C25H33ClN2O5S/c1-6-20(28(34(5,30)31)21-15-17(26)13-14-23(21)32-4)24(29)27-19-16-25(7-2,8-3)33-22-12-10-9-11-18(19)22/h9-15,19-20H,6-8,16H2,1-5H3,(H,27,29)/t19-,20-/m1/s1. The van der Waals surface area contributed by atoms with E-state index in [9.17, 15) is 13.2 Å². The molecule has 2 atom stereocenters. The molecule has 0 saturated carbocycles. The fraction of sp³-hybridized carbons (Fsp3) is 0.480. The Labute approximate surface area is 207 Å².